The van der Waals surface area contributed by atoms with Gasteiger partial charge in [-0.15, -0.1) is 0 Å². The standard InChI is InChI=1S/C14H21ClN2O5S/c1-3-17(10-14(19)16-7-4-8-18)23(20,21)11-5-6-13(22-2)12(15)9-11/h5-6,9,18H,3-4,7-8,10H2,1-2H3,(H,16,19). The lowest BCUT2D eigenvalue weighted by Crippen LogP contribution is -2.40. The Balaban J connectivity index is 2.90. The van der Waals surface area contributed by atoms with Gasteiger partial charge in [0.15, 0.2) is 0 Å². The lowest BCUT2D eigenvalue weighted by atomic mass is 10.3. The van der Waals surface area contributed by atoms with Crippen LogP contribution in [0.2, 0.25) is 5.02 Å². The number of carbonyl (C=O) groups excluding carboxylic acids is 1. The predicted molar refractivity (Wildman–Crippen MR) is 87.1 cm³/mol. The molecule has 0 saturated carbocycles. The van der Waals surface area contributed by atoms with E-state index in [2.05, 4.69) is 5.32 Å². The average molecular weight is 365 g/mol. The topological polar surface area (TPSA) is 95.9 Å². The summed E-state index contributed by atoms with van der Waals surface area (Å²) in [5, 5.41) is 11.4. The average Bonchev–Trinajstić information content (AvgIpc) is 2.52. The minimum atomic E-state index is -3.84. The second kappa shape index (κ2) is 9.07. The Morgan fingerprint density at radius 1 is 1.43 bits per heavy atom. The van der Waals surface area contributed by atoms with Gasteiger partial charge in [-0.05, 0) is 24.6 Å². The fourth-order valence-electron chi connectivity index (χ4n) is 1.85. The minimum Gasteiger partial charge on any atom is -0.495 e. The molecule has 0 atom stereocenters. The Hall–Kier alpha value is -1.35. The Morgan fingerprint density at radius 2 is 2.13 bits per heavy atom. The number of likely N-dealkylation sites (N-methyl/N-ethyl adjacent to an activating group) is 1. The number of nitrogens with zero attached hydrogens (tertiary/aromatic N) is 1. The first-order chi connectivity index (χ1) is 10.9. The van der Waals surface area contributed by atoms with Gasteiger partial charge in [0.2, 0.25) is 15.9 Å². The molecular formula is C14H21ClN2O5S. The van der Waals surface area contributed by atoms with Gasteiger partial charge in [-0.3, -0.25) is 4.79 Å². The van der Waals surface area contributed by atoms with Crippen LogP contribution in [0.15, 0.2) is 23.1 Å². The first-order valence-corrected chi connectivity index (χ1v) is 8.89. The highest BCUT2D eigenvalue weighted by Gasteiger charge is 2.25. The number of benzene rings is 1. The highest BCUT2D eigenvalue weighted by molar-refractivity contribution is 7.89. The van der Waals surface area contributed by atoms with Crippen LogP contribution in [0.5, 0.6) is 5.75 Å². The number of aliphatic hydroxyl groups is 1. The van der Waals surface area contributed by atoms with Gasteiger partial charge in [-0.1, -0.05) is 18.5 Å². The maximum Gasteiger partial charge on any atom is 0.243 e. The molecule has 130 valence electrons. The van der Waals surface area contributed by atoms with Crippen molar-refractivity contribution in [2.24, 2.45) is 0 Å². The third kappa shape index (κ3) is 5.35. The van der Waals surface area contributed by atoms with Crippen LogP contribution in [0.3, 0.4) is 0 Å². The third-order valence-corrected chi connectivity index (χ3v) is 5.30. The van der Waals surface area contributed by atoms with Crippen molar-refractivity contribution in [3.63, 3.8) is 0 Å². The SMILES string of the molecule is CCN(CC(=O)NCCCO)S(=O)(=O)c1ccc(OC)c(Cl)c1. The highest BCUT2D eigenvalue weighted by Crippen LogP contribution is 2.28. The van der Waals surface area contributed by atoms with E-state index in [-0.39, 0.29) is 29.6 Å². The molecule has 1 amide bonds. The summed E-state index contributed by atoms with van der Waals surface area (Å²) >= 11 is 5.96. The molecule has 2 N–H and O–H groups in total. The Kier molecular flexibility index (Phi) is 7.77. The van der Waals surface area contributed by atoms with E-state index in [1.54, 1.807) is 6.92 Å². The number of nitrogens with one attached hydrogen (secondary N) is 1. The van der Waals surface area contributed by atoms with Crippen molar-refractivity contribution in [2.45, 2.75) is 18.2 Å². The van der Waals surface area contributed by atoms with E-state index in [1.807, 2.05) is 0 Å². The van der Waals surface area contributed by atoms with Crippen molar-refractivity contribution in [3.05, 3.63) is 23.2 Å². The van der Waals surface area contributed by atoms with Gasteiger partial charge in [0.1, 0.15) is 5.75 Å². The summed E-state index contributed by atoms with van der Waals surface area (Å²) in [6, 6.07) is 4.14. The maximum atomic E-state index is 12.6. The zero-order valence-corrected chi connectivity index (χ0v) is 14.7. The molecule has 7 nitrogen and oxygen atoms in total. The molecule has 1 aromatic carbocycles. The zero-order valence-electron chi connectivity index (χ0n) is 13.1. The first kappa shape index (κ1) is 19.7. The molecule has 23 heavy (non-hydrogen) atoms. The van der Waals surface area contributed by atoms with Gasteiger partial charge in [0.25, 0.3) is 0 Å². The van der Waals surface area contributed by atoms with Crippen LogP contribution in [0.1, 0.15) is 13.3 Å². The normalized spacial score (nSPS) is 11.5. The van der Waals surface area contributed by atoms with E-state index < -0.39 is 15.9 Å². The van der Waals surface area contributed by atoms with Crippen LogP contribution >= 0.6 is 11.6 Å². The van der Waals surface area contributed by atoms with Crippen molar-refractivity contribution in [3.8, 4) is 5.75 Å². The van der Waals surface area contributed by atoms with Gasteiger partial charge in [-0.2, -0.15) is 4.31 Å². The van der Waals surface area contributed by atoms with Crippen LogP contribution in [-0.2, 0) is 14.8 Å². The molecule has 1 rings (SSSR count). The summed E-state index contributed by atoms with van der Waals surface area (Å²) in [4.78, 5) is 11.8. The van der Waals surface area contributed by atoms with Crippen molar-refractivity contribution in [1.82, 2.24) is 9.62 Å². The summed E-state index contributed by atoms with van der Waals surface area (Å²) in [5.74, 6) is -0.0566. The van der Waals surface area contributed by atoms with Gasteiger partial charge in [0, 0.05) is 19.7 Å². The van der Waals surface area contributed by atoms with Crippen molar-refractivity contribution in [1.29, 1.82) is 0 Å². The number of hydrogen-bond acceptors (Lipinski definition) is 5. The van der Waals surface area contributed by atoms with Crippen molar-refractivity contribution >= 4 is 27.5 Å². The maximum absolute atomic E-state index is 12.6. The van der Waals surface area contributed by atoms with Crippen molar-refractivity contribution < 1.29 is 23.1 Å². The number of rotatable bonds is 9. The van der Waals surface area contributed by atoms with Gasteiger partial charge < -0.3 is 15.2 Å². The summed E-state index contributed by atoms with van der Waals surface area (Å²) in [5.41, 5.74) is 0. The second-order valence-corrected chi connectivity index (χ2v) is 7.00. The van der Waals surface area contributed by atoms with Crippen LogP contribution in [0, 0.1) is 0 Å². The molecule has 0 aromatic heterocycles. The number of methoxy groups -OCH3 is 1. The number of hydrogen-bond donors (Lipinski definition) is 2. The fraction of sp³-hybridized carbons (Fsp3) is 0.500. The van der Waals surface area contributed by atoms with Crippen molar-refractivity contribution in [2.75, 3.05) is 33.4 Å². The lowest BCUT2D eigenvalue weighted by molar-refractivity contribution is -0.121. The molecule has 9 heteroatoms. The van der Waals surface area contributed by atoms with E-state index >= 15 is 0 Å². The molecular weight excluding hydrogens is 344 g/mol. The number of halogens is 1. The monoisotopic (exact) mass is 364 g/mol. The Labute approximate surface area is 141 Å². The highest BCUT2D eigenvalue weighted by atomic mass is 35.5. The molecule has 0 radical (unpaired) electrons. The van der Waals surface area contributed by atoms with Crippen LogP contribution in [-0.4, -0.2) is 57.1 Å². The van der Waals surface area contributed by atoms with E-state index in [9.17, 15) is 13.2 Å². The summed E-state index contributed by atoms with van der Waals surface area (Å²) < 4.78 is 31.2. The fourth-order valence-corrected chi connectivity index (χ4v) is 3.60. The summed E-state index contributed by atoms with van der Waals surface area (Å²) in [7, 11) is -2.41. The van der Waals surface area contributed by atoms with E-state index in [0.717, 1.165) is 4.31 Å². The quantitative estimate of drug-likeness (QED) is 0.633. The van der Waals surface area contributed by atoms with Crippen LogP contribution < -0.4 is 10.1 Å². The summed E-state index contributed by atoms with van der Waals surface area (Å²) in [6.07, 6.45) is 0.415. The number of ether oxygens (including phenoxy) is 1. The predicted octanol–water partition coefficient (Wildman–Crippen LogP) is 0.858. The molecule has 0 heterocycles. The van der Waals surface area contributed by atoms with Crippen LogP contribution in [0.25, 0.3) is 0 Å². The molecule has 0 unspecified atom stereocenters. The number of amides is 1. The molecule has 0 spiro atoms. The Morgan fingerprint density at radius 3 is 2.65 bits per heavy atom. The second-order valence-electron chi connectivity index (χ2n) is 4.65. The van der Waals surface area contributed by atoms with E-state index in [4.69, 9.17) is 21.4 Å². The van der Waals surface area contributed by atoms with Gasteiger partial charge >= 0.3 is 0 Å². The molecule has 1 aromatic rings. The molecule has 0 bridgehead atoms. The van der Waals surface area contributed by atoms with E-state index in [0.29, 0.717) is 18.7 Å². The van der Waals surface area contributed by atoms with Gasteiger partial charge in [0.05, 0.1) is 23.6 Å². The Bertz CT molecular complexity index is 636. The number of carbonyl (C=O) groups is 1. The molecule has 0 aliphatic heterocycles. The molecule has 0 aliphatic rings. The molecule has 0 aliphatic carbocycles. The van der Waals surface area contributed by atoms with E-state index in [1.165, 1.54) is 25.3 Å². The summed E-state index contributed by atoms with van der Waals surface area (Å²) in [6.45, 7) is 1.73. The molecule has 0 fully saturated rings. The van der Waals surface area contributed by atoms with Crippen LogP contribution in [0.4, 0.5) is 0 Å². The van der Waals surface area contributed by atoms with Gasteiger partial charge in [-0.25, -0.2) is 8.42 Å². The third-order valence-electron chi connectivity index (χ3n) is 3.09. The smallest absolute Gasteiger partial charge is 0.243 e. The first-order valence-electron chi connectivity index (χ1n) is 7.08. The number of sulfonamides is 1. The molecule has 0 saturated heterocycles. The minimum absolute atomic E-state index is 0.00620. The zero-order chi connectivity index (χ0) is 17.5. The largest absolute Gasteiger partial charge is 0.495 e. The number of aliphatic hydroxyl groups excluding tert-OH is 1. The lowest BCUT2D eigenvalue weighted by Gasteiger charge is -2.20.